The number of hydrogen-bond donors (Lipinski definition) is 1. The first-order valence-corrected chi connectivity index (χ1v) is 8.36. The Morgan fingerprint density at radius 3 is 2.57 bits per heavy atom. The molecule has 1 aromatic carbocycles. The van der Waals surface area contributed by atoms with E-state index in [1.807, 2.05) is 6.07 Å². The first-order chi connectivity index (χ1) is 9.80. The molecule has 0 spiro atoms. The first kappa shape index (κ1) is 16.3. The highest BCUT2D eigenvalue weighted by molar-refractivity contribution is 7.80. The van der Waals surface area contributed by atoms with Gasteiger partial charge in [-0.25, -0.2) is 0 Å². The molecule has 1 fully saturated rings. The van der Waals surface area contributed by atoms with Crippen LogP contribution in [-0.2, 0) is 0 Å². The minimum Gasteiger partial charge on any atom is -0.389 e. The highest BCUT2D eigenvalue weighted by Gasteiger charge is 2.28. The molecule has 0 radical (unpaired) electrons. The van der Waals surface area contributed by atoms with Gasteiger partial charge in [0.1, 0.15) is 4.99 Å². The molecule has 1 heterocycles. The second kappa shape index (κ2) is 6.35. The minimum atomic E-state index is 0.397. The van der Waals surface area contributed by atoms with Crippen LogP contribution in [0, 0.1) is 18.3 Å². The van der Waals surface area contributed by atoms with Gasteiger partial charge in [0.25, 0.3) is 0 Å². The molecule has 0 saturated carbocycles. The molecule has 2 rings (SSSR count). The Morgan fingerprint density at radius 2 is 1.95 bits per heavy atom. The molecule has 3 heteroatoms. The summed E-state index contributed by atoms with van der Waals surface area (Å²) in [5.74, 6) is 0.791. The zero-order valence-corrected chi connectivity index (χ0v) is 14.6. The molecule has 1 unspecified atom stereocenters. The lowest BCUT2D eigenvalue weighted by Gasteiger charge is -2.30. The summed E-state index contributed by atoms with van der Waals surface area (Å²) in [7, 11) is 0. The molecule has 1 atom stereocenters. The van der Waals surface area contributed by atoms with Crippen molar-refractivity contribution >= 4 is 22.9 Å². The predicted octanol–water partition coefficient (Wildman–Crippen LogP) is 4.28. The maximum atomic E-state index is 5.93. The average molecular weight is 305 g/mol. The summed E-state index contributed by atoms with van der Waals surface area (Å²) in [4.78, 5) is 3.00. The molecule has 1 aliphatic heterocycles. The summed E-state index contributed by atoms with van der Waals surface area (Å²) in [6.45, 7) is 11.4. The number of thiocarbonyl (C=S) groups is 1. The second-order valence-electron chi connectivity index (χ2n) is 7.32. The first-order valence-electron chi connectivity index (χ1n) is 7.95. The Bertz CT molecular complexity index is 516. The molecule has 1 saturated heterocycles. The molecule has 1 aliphatic rings. The third-order valence-electron chi connectivity index (χ3n) is 4.77. The van der Waals surface area contributed by atoms with Crippen molar-refractivity contribution in [1.29, 1.82) is 0 Å². The van der Waals surface area contributed by atoms with E-state index >= 15 is 0 Å². The van der Waals surface area contributed by atoms with Crippen molar-refractivity contribution < 1.29 is 0 Å². The van der Waals surface area contributed by atoms with Crippen LogP contribution in [0.5, 0.6) is 0 Å². The summed E-state index contributed by atoms with van der Waals surface area (Å²) >= 11 is 5.25. The van der Waals surface area contributed by atoms with Crippen LogP contribution >= 0.6 is 12.2 Å². The zero-order chi connectivity index (χ0) is 15.6. The summed E-state index contributed by atoms with van der Waals surface area (Å²) in [6.07, 6.45) is 3.80. The topological polar surface area (TPSA) is 29.3 Å². The van der Waals surface area contributed by atoms with Gasteiger partial charge in [0.15, 0.2) is 0 Å². The van der Waals surface area contributed by atoms with Gasteiger partial charge in [-0.15, -0.1) is 0 Å². The second-order valence-corrected chi connectivity index (χ2v) is 7.76. The number of hydrogen-bond acceptors (Lipinski definition) is 2. The third-order valence-corrected chi connectivity index (χ3v) is 4.99. The molecular weight excluding hydrogens is 276 g/mol. The van der Waals surface area contributed by atoms with Crippen molar-refractivity contribution in [3.8, 4) is 0 Å². The smallest absolute Gasteiger partial charge is 0.106 e. The Balaban J connectivity index is 2.26. The monoisotopic (exact) mass is 304 g/mol. The van der Waals surface area contributed by atoms with Gasteiger partial charge < -0.3 is 10.6 Å². The van der Waals surface area contributed by atoms with Crippen molar-refractivity contribution in [1.82, 2.24) is 0 Å². The molecule has 0 amide bonds. The van der Waals surface area contributed by atoms with Crippen LogP contribution in [0.3, 0.4) is 0 Å². The minimum absolute atomic E-state index is 0.397. The van der Waals surface area contributed by atoms with E-state index in [1.54, 1.807) is 0 Å². The Morgan fingerprint density at radius 1 is 1.24 bits per heavy atom. The highest BCUT2D eigenvalue weighted by Crippen LogP contribution is 2.36. The third kappa shape index (κ3) is 3.76. The Hall–Kier alpha value is -1.09. The van der Waals surface area contributed by atoms with Crippen LogP contribution in [0.1, 0.15) is 51.2 Å². The predicted molar refractivity (Wildman–Crippen MR) is 96.1 cm³/mol. The number of nitrogens with two attached hydrogens (primary N) is 1. The van der Waals surface area contributed by atoms with Crippen LogP contribution in [0.2, 0.25) is 0 Å². The molecule has 0 aromatic heterocycles. The average Bonchev–Trinajstić information content (AvgIpc) is 2.63. The number of nitrogens with zero attached hydrogens (tertiary/aromatic N) is 1. The van der Waals surface area contributed by atoms with E-state index in [0.29, 0.717) is 10.4 Å². The Kier molecular flexibility index (Phi) is 4.92. The van der Waals surface area contributed by atoms with Crippen molar-refractivity contribution in [3.05, 3.63) is 29.3 Å². The van der Waals surface area contributed by atoms with Crippen LogP contribution in [0.25, 0.3) is 0 Å². The lowest BCUT2D eigenvalue weighted by atomic mass is 9.77. The van der Waals surface area contributed by atoms with Gasteiger partial charge in [-0.2, -0.15) is 0 Å². The van der Waals surface area contributed by atoms with E-state index < -0.39 is 0 Å². The number of rotatable bonds is 2. The van der Waals surface area contributed by atoms with Crippen LogP contribution in [0.4, 0.5) is 5.69 Å². The van der Waals surface area contributed by atoms with Crippen molar-refractivity contribution in [2.75, 3.05) is 18.0 Å². The maximum Gasteiger partial charge on any atom is 0.106 e. The molecule has 1 aromatic rings. The van der Waals surface area contributed by atoms with Crippen LogP contribution in [0.15, 0.2) is 18.2 Å². The fourth-order valence-corrected chi connectivity index (χ4v) is 3.63. The maximum absolute atomic E-state index is 5.93. The van der Waals surface area contributed by atoms with Crippen LogP contribution < -0.4 is 10.6 Å². The zero-order valence-electron chi connectivity index (χ0n) is 13.8. The highest BCUT2D eigenvalue weighted by atomic mass is 32.1. The number of para-hydroxylation sites is 1. The van der Waals surface area contributed by atoms with Crippen molar-refractivity contribution in [2.45, 2.75) is 47.0 Å². The standard InChI is InChI=1S/C18H28N2S/c1-13-7-5-9-15(17(19)21)16(13)20-11-6-8-14(10-12-20)18(2,3)4/h5,7,9,14H,6,8,10-12H2,1-4H3,(H2,19,21). The van der Waals surface area contributed by atoms with Crippen molar-refractivity contribution in [3.63, 3.8) is 0 Å². The molecule has 21 heavy (non-hydrogen) atoms. The molecule has 116 valence electrons. The van der Waals surface area contributed by atoms with Gasteiger partial charge >= 0.3 is 0 Å². The molecular formula is C18H28N2S. The van der Waals surface area contributed by atoms with Crippen LogP contribution in [-0.4, -0.2) is 18.1 Å². The van der Waals surface area contributed by atoms with Gasteiger partial charge in [0, 0.05) is 24.3 Å². The summed E-state index contributed by atoms with van der Waals surface area (Å²) < 4.78 is 0. The number of anilines is 1. The number of aryl methyl sites for hydroxylation is 1. The largest absolute Gasteiger partial charge is 0.389 e. The van der Waals surface area contributed by atoms with Gasteiger partial charge in [0.2, 0.25) is 0 Å². The molecule has 2 nitrogen and oxygen atoms in total. The van der Waals surface area contributed by atoms with Gasteiger partial charge in [0.05, 0.1) is 0 Å². The van der Waals surface area contributed by atoms with E-state index in [4.69, 9.17) is 18.0 Å². The summed E-state index contributed by atoms with van der Waals surface area (Å²) in [5.41, 5.74) is 9.88. The van der Waals surface area contributed by atoms with Gasteiger partial charge in [-0.3, -0.25) is 0 Å². The van der Waals surface area contributed by atoms with Gasteiger partial charge in [-0.1, -0.05) is 45.1 Å². The van der Waals surface area contributed by atoms with E-state index in [-0.39, 0.29) is 0 Å². The van der Waals surface area contributed by atoms with Gasteiger partial charge in [-0.05, 0) is 49.1 Å². The summed E-state index contributed by atoms with van der Waals surface area (Å²) in [6, 6.07) is 6.25. The summed E-state index contributed by atoms with van der Waals surface area (Å²) in [5, 5.41) is 0. The van der Waals surface area contributed by atoms with E-state index in [1.165, 1.54) is 30.5 Å². The molecule has 2 N–H and O–H groups in total. The molecule has 0 aliphatic carbocycles. The van der Waals surface area contributed by atoms with Crippen molar-refractivity contribution in [2.24, 2.45) is 17.1 Å². The van der Waals surface area contributed by atoms with E-state index in [9.17, 15) is 0 Å². The lowest BCUT2D eigenvalue weighted by Crippen LogP contribution is -2.29. The molecule has 0 bridgehead atoms. The van der Waals surface area contributed by atoms with E-state index in [2.05, 4.69) is 44.7 Å². The fourth-order valence-electron chi connectivity index (χ4n) is 3.46. The fraction of sp³-hybridized carbons (Fsp3) is 0.611. The lowest BCUT2D eigenvalue weighted by molar-refractivity contribution is 0.220. The normalized spacial score (nSPS) is 20.2. The SMILES string of the molecule is Cc1cccc(C(N)=S)c1N1CCCC(C(C)(C)C)CC1. The quantitative estimate of drug-likeness (QED) is 0.827. The Labute approximate surface area is 134 Å². The number of benzene rings is 1. The van der Waals surface area contributed by atoms with E-state index in [0.717, 1.165) is 24.6 Å².